The van der Waals surface area contributed by atoms with Gasteiger partial charge < -0.3 is 25.0 Å². The number of alkyl carbamates (subject to hydrolysis) is 1. The molecule has 0 saturated carbocycles. The number of amides is 3. The third-order valence-corrected chi connectivity index (χ3v) is 7.11. The van der Waals surface area contributed by atoms with Gasteiger partial charge in [0.1, 0.15) is 29.3 Å². The molecular formula is C38H49N3O6. The first-order valence-electron chi connectivity index (χ1n) is 15.9. The number of hydrogen-bond donors (Lipinski definition) is 2. The van der Waals surface area contributed by atoms with Crippen molar-refractivity contribution in [2.75, 3.05) is 7.05 Å². The van der Waals surface area contributed by atoms with Crippen LogP contribution in [0, 0.1) is 13.8 Å². The number of ether oxygens (including phenoxy) is 2. The van der Waals surface area contributed by atoms with Crippen molar-refractivity contribution in [3.63, 3.8) is 0 Å². The first kappa shape index (κ1) is 36.8. The molecule has 3 unspecified atom stereocenters. The Kier molecular flexibility index (Phi) is 12.3. The van der Waals surface area contributed by atoms with Crippen LogP contribution in [0.1, 0.15) is 75.4 Å². The molecule has 0 fully saturated rings. The maximum absolute atomic E-state index is 14.3. The van der Waals surface area contributed by atoms with Gasteiger partial charge in [-0.3, -0.25) is 9.59 Å². The maximum atomic E-state index is 14.3. The first-order valence-corrected chi connectivity index (χ1v) is 15.9. The molecule has 0 spiro atoms. The lowest BCUT2D eigenvalue weighted by Crippen LogP contribution is -2.54. The molecule has 2 N–H and O–H groups in total. The zero-order chi connectivity index (χ0) is 34.9. The van der Waals surface area contributed by atoms with Gasteiger partial charge in [0, 0.05) is 19.9 Å². The van der Waals surface area contributed by atoms with Crippen LogP contribution >= 0.6 is 0 Å². The summed E-state index contributed by atoms with van der Waals surface area (Å²) in [5, 5.41) is 5.63. The number of hydrogen-bond acceptors (Lipinski definition) is 6. The largest absolute Gasteiger partial charge is 0.458 e. The Hall–Kier alpha value is -4.66. The van der Waals surface area contributed by atoms with Crippen molar-refractivity contribution in [1.82, 2.24) is 15.5 Å². The molecule has 0 aromatic heterocycles. The molecule has 3 aromatic carbocycles. The Morgan fingerprint density at radius 2 is 1.15 bits per heavy atom. The molecule has 9 nitrogen and oxygen atoms in total. The summed E-state index contributed by atoms with van der Waals surface area (Å²) >= 11 is 0. The molecule has 252 valence electrons. The second kappa shape index (κ2) is 15.8. The molecule has 47 heavy (non-hydrogen) atoms. The second-order valence-electron chi connectivity index (χ2n) is 13.9. The number of carbonyl (C=O) groups excluding carboxylic acids is 4. The Balaban J connectivity index is 2.03. The van der Waals surface area contributed by atoms with E-state index in [-0.39, 0.29) is 12.8 Å². The van der Waals surface area contributed by atoms with Gasteiger partial charge in [-0.2, -0.15) is 0 Å². The summed E-state index contributed by atoms with van der Waals surface area (Å²) in [6, 6.07) is 21.1. The lowest BCUT2D eigenvalue weighted by Gasteiger charge is -2.33. The minimum Gasteiger partial charge on any atom is -0.458 e. The fourth-order valence-electron chi connectivity index (χ4n) is 5.26. The van der Waals surface area contributed by atoms with E-state index in [1.165, 1.54) is 11.9 Å². The fraction of sp³-hybridized carbons (Fsp3) is 0.421. The number of carbonyl (C=O) groups is 4. The molecule has 0 aliphatic carbocycles. The maximum Gasteiger partial charge on any atom is 0.408 e. The molecule has 0 bridgehead atoms. The molecule has 0 radical (unpaired) electrons. The van der Waals surface area contributed by atoms with Crippen molar-refractivity contribution in [2.24, 2.45) is 0 Å². The number of nitrogens with one attached hydrogen (secondary N) is 2. The SMILES string of the molecule is Cc1cc(C)cc(C(C(=O)NC(Cc2ccccc2)C(=O)OC(C)(C)C)N(C)C(=O)C(Cc2ccccc2)NC(=O)OC(C)(C)C)c1. The van der Waals surface area contributed by atoms with Gasteiger partial charge in [-0.25, -0.2) is 9.59 Å². The minimum atomic E-state index is -1.14. The monoisotopic (exact) mass is 643 g/mol. The van der Waals surface area contributed by atoms with E-state index in [0.717, 1.165) is 22.3 Å². The Morgan fingerprint density at radius 1 is 0.681 bits per heavy atom. The average molecular weight is 644 g/mol. The van der Waals surface area contributed by atoms with Crippen LogP contribution in [0.3, 0.4) is 0 Å². The number of nitrogens with zero attached hydrogens (tertiary/aromatic N) is 1. The Morgan fingerprint density at radius 3 is 1.62 bits per heavy atom. The zero-order valence-corrected chi connectivity index (χ0v) is 29.0. The summed E-state index contributed by atoms with van der Waals surface area (Å²) in [6.45, 7) is 14.3. The highest BCUT2D eigenvalue weighted by molar-refractivity contribution is 5.94. The van der Waals surface area contributed by atoms with Crippen LogP contribution in [0.2, 0.25) is 0 Å². The van der Waals surface area contributed by atoms with Gasteiger partial charge in [0.2, 0.25) is 11.8 Å². The van der Waals surface area contributed by atoms with Crippen LogP contribution < -0.4 is 10.6 Å². The predicted molar refractivity (Wildman–Crippen MR) is 183 cm³/mol. The van der Waals surface area contributed by atoms with E-state index < -0.39 is 53.2 Å². The fourth-order valence-corrected chi connectivity index (χ4v) is 5.26. The molecule has 3 atom stereocenters. The number of benzene rings is 3. The normalized spacial score (nSPS) is 13.5. The lowest BCUT2D eigenvalue weighted by atomic mass is 9.97. The average Bonchev–Trinajstić information content (AvgIpc) is 2.95. The summed E-state index contributed by atoms with van der Waals surface area (Å²) in [6.07, 6.45) is -0.394. The predicted octanol–water partition coefficient (Wildman–Crippen LogP) is 6.01. The lowest BCUT2D eigenvalue weighted by molar-refractivity contribution is -0.159. The van der Waals surface area contributed by atoms with Crippen LogP contribution in [0.5, 0.6) is 0 Å². The van der Waals surface area contributed by atoms with Gasteiger partial charge in [-0.05, 0) is 72.1 Å². The molecule has 0 heterocycles. The van der Waals surface area contributed by atoms with Crippen molar-refractivity contribution >= 4 is 23.9 Å². The van der Waals surface area contributed by atoms with Crippen LogP contribution in [-0.2, 0) is 36.7 Å². The molecule has 3 rings (SSSR count). The summed E-state index contributed by atoms with van der Waals surface area (Å²) < 4.78 is 11.2. The molecule has 9 heteroatoms. The van der Waals surface area contributed by atoms with Crippen molar-refractivity contribution in [3.8, 4) is 0 Å². The third kappa shape index (κ3) is 11.9. The van der Waals surface area contributed by atoms with Gasteiger partial charge in [-0.1, -0.05) is 90.0 Å². The van der Waals surface area contributed by atoms with Crippen molar-refractivity contribution in [3.05, 3.63) is 107 Å². The van der Waals surface area contributed by atoms with Gasteiger partial charge in [0.15, 0.2) is 0 Å². The summed E-state index contributed by atoms with van der Waals surface area (Å²) in [5.74, 6) is -1.65. The molecule has 0 aliphatic rings. The molecule has 0 aliphatic heterocycles. The number of aryl methyl sites for hydroxylation is 2. The van der Waals surface area contributed by atoms with E-state index in [2.05, 4.69) is 10.6 Å². The Bertz CT molecular complexity index is 1510. The van der Waals surface area contributed by atoms with Crippen molar-refractivity contribution < 1.29 is 28.7 Å². The number of rotatable bonds is 11. The minimum absolute atomic E-state index is 0.166. The summed E-state index contributed by atoms with van der Waals surface area (Å²) in [7, 11) is 1.53. The molecule has 0 saturated heterocycles. The van der Waals surface area contributed by atoms with Crippen molar-refractivity contribution in [2.45, 2.75) is 97.6 Å². The van der Waals surface area contributed by atoms with Crippen LogP contribution in [0.15, 0.2) is 78.9 Å². The number of likely N-dealkylation sites (N-methyl/N-ethyl adjacent to an activating group) is 1. The highest BCUT2D eigenvalue weighted by atomic mass is 16.6. The third-order valence-electron chi connectivity index (χ3n) is 7.11. The van der Waals surface area contributed by atoms with E-state index in [4.69, 9.17) is 9.47 Å². The van der Waals surface area contributed by atoms with E-state index in [9.17, 15) is 19.2 Å². The standard InChI is InChI=1S/C38H49N3O6/c1-25-20-26(2)22-29(21-25)32(33(42)39-31(35(44)46-37(3,4)5)24-28-18-14-11-15-19-28)41(9)34(43)30(23-27-16-12-10-13-17-27)40-36(45)47-38(6,7)8/h10-22,30-32H,23-24H2,1-9H3,(H,39,42)(H,40,45). The highest BCUT2D eigenvalue weighted by Crippen LogP contribution is 2.25. The van der Waals surface area contributed by atoms with E-state index in [0.29, 0.717) is 5.56 Å². The highest BCUT2D eigenvalue weighted by Gasteiger charge is 2.37. The quantitative estimate of drug-likeness (QED) is 0.248. The molecule has 3 aromatic rings. The van der Waals surface area contributed by atoms with Crippen LogP contribution in [-0.4, -0.2) is 59.1 Å². The second-order valence-corrected chi connectivity index (χ2v) is 13.9. The molecule has 3 amide bonds. The summed E-state index contributed by atoms with van der Waals surface area (Å²) in [5.41, 5.74) is 2.45. The van der Waals surface area contributed by atoms with Gasteiger partial charge in [-0.15, -0.1) is 0 Å². The zero-order valence-electron chi connectivity index (χ0n) is 29.0. The van der Waals surface area contributed by atoms with Crippen LogP contribution in [0.4, 0.5) is 4.79 Å². The first-order chi connectivity index (χ1) is 21.9. The topological polar surface area (TPSA) is 114 Å². The smallest absolute Gasteiger partial charge is 0.408 e. The van der Waals surface area contributed by atoms with Gasteiger partial charge in [0.05, 0.1) is 0 Å². The Labute approximate surface area is 279 Å². The van der Waals surface area contributed by atoms with Gasteiger partial charge in [0.25, 0.3) is 0 Å². The van der Waals surface area contributed by atoms with Crippen molar-refractivity contribution in [1.29, 1.82) is 0 Å². The number of esters is 1. The van der Waals surface area contributed by atoms with Crippen LogP contribution in [0.25, 0.3) is 0 Å². The van der Waals surface area contributed by atoms with Gasteiger partial charge >= 0.3 is 12.1 Å². The molecular weight excluding hydrogens is 594 g/mol. The van der Waals surface area contributed by atoms with E-state index >= 15 is 0 Å². The van der Waals surface area contributed by atoms with E-state index in [1.807, 2.05) is 92.7 Å². The summed E-state index contributed by atoms with van der Waals surface area (Å²) in [4.78, 5) is 56.4. The van der Waals surface area contributed by atoms with E-state index in [1.54, 1.807) is 41.5 Å².